The fourth-order valence-electron chi connectivity index (χ4n) is 1.71. The molecule has 0 saturated heterocycles. The molecule has 0 aliphatic rings. The fraction of sp³-hybridized carbons (Fsp3) is 0.286. The Morgan fingerprint density at radius 3 is 2.48 bits per heavy atom. The smallest absolute Gasteiger partial charge is 0.345 e. The minimum atomic E-state index is -4.50. The van der Waals surface area contributed by atoms with E-state index in [-0.39, 0.29) is 5.13 Å². The zero-order valence-electron chi connectivity index (χ0n) is 12.8. The summed E-state index contributed by atoms with van der Waals surface area (Å²) in [6.45, 7) is -2.04. The van der Waals surface area contributed by atoms with E-state index >= 15 is 0 Å². The second kappa shape index (κ2) is 8.42. The van der Waals surface area contributed by atoms with E-state index in [0.29, 0.717) is 11.4 Å². The number of halogens is 3. The Balaban J connectivity index is 1.75. The van der Waals surface area contributed by atoms with Gasteiger partial charge in [0.2, 0.25) is 11.0 Å². The first-order chi connectivity index (χ1) is 11.8. The number of benzene rings is 1. The van der Waals surface area contributed by atoms with Gasteiger partial charge in [0, 0.05) is 6.42 Å². The van der Waals surface area contributed by atoms with E-state index in [9.17, 15) is 22.8 Å². The maximum absolute atomic E-state index is 11.9. The van der Waals surface area contributed by atoms with Crippen LogP contribution < -0.4 is 16.0 Å². The van der Waals surface area contributed by atoms with Crippen LogP contribution in [0.25, 0.3) is 0 Å². The van der Waals surface area contributed by atoms with Crippen molar-refractivity contribution in [3.8, 4) is 0 Å². The van der Waals surface area contributed by atoms with Gasteiger partial charge in [0.25, 0.3) is 0 Å². The lowest BCUT2D eigenvalue weighted by Gasteiger charge is -2.08. The van der Waals surface area contributed by atoms with E-state index in [0.717, 1.165) is 16.9 Å². The molecule has 3 amide bonds. The summed E-state index contributed by atoms with van der Waals surface area (Å²) < 4.78 is 35.8. The molecule has 0 unspecified atom stereocenters. The fourth-order valence-corrected chi connectivity index (χ4v) is 2.48. The Kier molecular flexibility index (Phi) is 6.28. The summed E-state index contributed by atoms with van der Waals surface area (Å²) in [7, 11) is 0. The molecule has 1 aromatic heterocycles. The summed E-state index contributed by atoms with van der Waals surface area (Å²) in [5.41, 5.74) is 1.04. The number of anilines is 1. The van der Waals surface area contributed by atoms with Gasteiger partial charge in [0.1, 0.15) is 11.6 Å². The van der Waals surface area contributed by atoms with Crippen molar-refractivity contribution >= 4 is 28.4 Å². The first-order valence-corrected chi connectivity index (χ1v) is 7.88. The molecule has 0 spiro atoms. The van der Waals surface area contributed by atoms with Gasteiger partial charge in [-0.1, -0.05) is 41.7 Å². The number of urea groups is 1. The third-order valence-corrected chi connectivity index (χ3v) is 3.62. The van der Waals surface area contributed by atoms with Crippen LogP contribution in [-0.4, -0.2) is 41.4 Å². The Bertz CT molecular complexity index is 721. The molecule has 0 bridgehead atoms. The van der Waals surface area contributed by atoms with E-state index in [1.807, 2.05) is 30.3 Å². The van der Waals surface area contributed by atoms with Crippen LogP contribution in [0, 0.1) is 0 Å². The standard InChI is InChI=1S/C14H14F3N5O2S/c15-14(16,17)8-19-10(23)7-18-12(24)20-13-22-21-11(25-13)6-9-4-2-1-3-5-9/h1-5H,6-8H2,(H,19,23)(H2,18,20,22,24). The van der Waals surface area contributed by atoms with E-state index in [1.165, 1.54) is 0 Å². The molecule has 11 heteroatoms. The third kappa shape index (κ3) is 7.16. The predicted molar refractivity (Wildman–Crippen MR) is 85.2 cm³/mol. The van der Waals surface area contributed by atoms with Gasteiger partial charge in [0.15, 0.2) is 0 Å². The van der Waals surface area contributed by atoms with Gasteiger partial charge in [0.05, 0.1) is 6.54 Å². The zero-order valence-corrected chi connectivity index (χ0v) is 13.6. The summed E-state index contributed by atoms with van der Waals surface area (Å²) in [4.78, 5) is 22.8. The van der Waals surface area contributed by atoms with Gasteiger partial charge in [-0.3, -0.25) is 10.1 Å². The molecule has 0 fully saturated rings. The number of hydrogen-bond donors (Lipinski definition) is 3. The molecule has 0 radical (unpaired) electrons. The molecule has 1 heterocycles. The maximum Gasteiger partial charge on any atom is 0.405 e. The average Bonchev–Trinajstić information content (AvgIpc) is 2.98. The Morgan fingerprint density at radius 1 is 1.08 bits per heavy atom. The molecule has 134 valence electrons. The van der Waals surface area contributed by atoms with Gasteiger partial charge in [-0.2, -0.15) is 13.2 Å². The SMILES string of the molecule is O=C(CNC(=O)Nc1nnc(Cc2ccccc2)s1)NCC(F)(F)F. The second-order valence-electron chi connectivity index (χ2n) is 4.86. The van der Waals surface area contributed by atoms with Gasteiger partial charge in [-0.05, 0) is 5.56 Å². The minimum absolute atomic E-state index is 0.221. The Hall–Kier alpha value is -2.69. The molecule has 2 rings (SSSR count). The van der Waals surface area contributed by atoms with Crippen molar-refractivity contribution in [2.24, 2.45) is 0 Å². The number of aromatic nitrogens is 2. The summed E-state index contributed by atoms with van der Waals surface area (Å²) in [6.07, 6.45) is -3.94. The summed E-state index contributed by atoms with van der Waals surface area (Å²) >= 11 is 1.16. The van der Waals surface area contributed by atoms with Crippen molar-refractivity contribution in [2.45, 2.75) is 12.6 Å². The lowest BCUT2D eigenvalue weighted by atomic mass is 10.2. The number of amides is 3. The number of nitrogens with one attached hydrogen (secondary N) is 3. The highest BCUT2D eigenvalue weighted by Gasteiger charge is 2.27. The molecule has 0 atom stereocenters. The van der Waals surface area contributed by atoms with Gasteiger partial charge >= 0.3 is 12.2 Å². The Labute approximate surface area is 144 Å². The topological polar surface area (TPSA) is 96.0 Å². The summed E-state index contributed by atoms with van der Waals surface area (Å²) in [5, 5.41) is 14.8. The molecular formula is C14H14F3N5O2S. The van der Waals surface area contributed by atoms with Crippen LogP contribution in [0.5, 0.6) is 0 Å². The first-order valence-electron chi connectivity index (χ1n) is 7.06. The molecule has 0 aliphatic carbocycles. The minimum Gasteiger partial charge on any atom is -0.345 e. The number of carbonyl (C=O) groups excluding carboxylic acids is 2. The number of hydrogen-bond acceptors (Lipinski definition) is 5. The van der Waals surface area contributed by atoms with Crippen molar-refractivity contribution in [3.63, 3.8) is 0 Å². The Morgan fingerprint density at radius 2 is 1.80 bits per heavy atom. The van der Waals surface area contributed by atoms with Crippen molar-refractivity contribution in [1.29, 1.82) is 0 Å². The highest BCUT2D eigenvalue weighted by atomic mass is 32.1. The lowest BCUT2D eigenvalue weighted by Crippen LogP contribution is -2.42. The van der Waals surface area contributed by atoms with Crippen molar-refractivity contribution in [1.82, 2.24) is 20.8 Å². The monoisotopic (exact) mass is 373 g/mol. The molecule has 2 aromatic rings. The van der Waals surface area contributed by atoms with E-state index in [1.54, 1.807) is 5.32 Å². The largest absolute Gasteiger partial charge is 0.405 e. The van der Waals surface area contributed by atoms with Gasteiger partial charge in [-0.15, -0.1) is 10.2 Å². The summed E-state index contributed by atoms with van der Waals surface area (Å²) in [6, 6.07) is 8.79. The van der Waals surface area contributed by atoms with Gasteiger partial charge < -0.3 is 10.6 Å². The quantitative estimate of drug-likeness (QED) is 0.721. The molecular weight excluding hydrogens is 359 g/mol. The highest BCUT2D eigenvalue weighted by molar-refractivity contribution is 7.15. The molecule has 0 aliphatic heterocycles. The number of nitrogens with zero attached hydrogens (tertiary/aromatic N) is 2. The van der Waals surface area contributed by atoms with Crippen LogP contribution in [0.2, 0.25) is 0 Å². The third-order valence-electron chi connectivity index (χ3n) is 2.78. The molecule has 25 heavy (non-hydrogen) atoms. The van der Waals surface area contributed by atoms with Crippen LogP contribution in [0.15, 0.2) is 30.3 Å². The molecule has 3 N–H and O–H groups in total. The molecule has 7 nitrogen and oxygen atoms in total. The highest BCUT2D eigenvalue weighted by Crippen LogP contribution is 2.18. The van der Waals surface area contributed by atoms with Crippen LogP contribution in [-0.2, 0) is 11.2 Å². The molecule has 1 aromatic carbocycles. The lowest BCUT2D eigenvalue weighted by molar-refractivity contribution is -0.137. The van der Waals surface area contributed by atoms with Crippen molar-refractivity contribution in [3.05, 3.63) is 40.9 Å². The number of carbonyl (C=O) groups is 2. The van der Waals surface area contributed by atoms with Crippen LogP contribution in [0.4, 0.5) is 23.1 Å². The first kappa shape index (κ1) is 18.6. The normalized spacial score (nSPS) is 11.0. The van der Waals surface area contributed by atoms with E-state index in [4.69, 9.17) is 0 Å². The number of alkyl halides is 3. The predicted octanol–water partition coefficient (Wildman–Crippen LogP) is 1.93. The van der Waals surface area contributed by atoms with Crippen LogP contribution in [0.3, 0.4) is 0 Å². The van der Waals surface area contributed by atoms with Crippen LogP contribution >= 0.6 is 11.3 Å². The van der Waals surface area contributed by atoms with E-state index in [2.05, 4.69) is 20.8 Å². The maximum atomic E-state index is 11.9. The van der Waals surface area contributed by atoms with Crippen LogP contribution in [0.1, 0.15) is 10.6 Å². The van der Waals surface area contributed by atoms with Gasteiger partial charge in [-0.25, -0.2) is 4.79 Å². The second-order valence-corrected chi connectivity index (χ2v) is 5.92. The van der Waals surface area contributed by atoms with Crippen molar-refractivity contribution in [2.75, 3.05) is 18.4 Å². The van der Waals surface area contributed by atoms with Crippen molar-refractivity contribution < 1.29 is 22.8 Å². The number of rotatable bonds is 6. The molecule has 0 saturated carbocycles. The zero-order chi connectivity index (χ0) is 18.3. The average molecular weight is 373 g/mol. The summed E-state index contributed by atoms with van der Waals surface area (Å²) in [5.74, 6) is -0.950. The van der Waals surface area contributed by atoms with E-state index < -0.39 is 31.2 Å².